The van der Waals surface area contributed by atoms with Crippen LogP contribution in [-0.4, -0.2) is 40.4 Å². The number of hydrogen-bond donors (Lipinski definition) is 0. The van der Waals surface area contributed by atoms with Crippen molar-refractivity contribution < 1.29 is 38.8 Å². The molecule has 0 bridgehead atoms. The van der Waals surface area contributed by atoms with E-state index in [4.69, 9.17) is 0 Å². The molecule has 0 saturated heterocycles. The van der Waals surface area contributed by atoms with Gasteiger partial charge >= 0.3 is 23.1 Å². The van der Waals surface area contributed by atoms with Gasteiger partial charge in [0.2, 0.25) is 0 Å². The zero-order valence-corrected chi connectivity index (χ0v) is 7.10. The van der Waals surface area contributed by atoms with Crippen LogP contribution in [0, 0.1) is 0 Å². The maximum Gasteiger partial charge on any atom is 2.00 e. The Morgan fingerprint density at radius 1 is 1.25 bits per heavy atom. The van der Waals surface area contributed by atoms with Gasteiger partial charge in [-0.15, -0.1) is 0 Å². The smallest absolute Gasteiger partial charge is 1.00 e. The SMILES string of the molecule is [AlH3].[H-].[H-].[Mg+2].[Ni].[Zn]. The van der Waals surface area contributed by atoms with Gasteiger partial charge in [0, 0.05) is 36.0 Å². The molecule has 0 nitrogen and oxygen atoms in total. The monoisotopic (exact) mass is 178 g/mol. The second-order valence-corrected chi connectivity index (χ2v) is 0. The minimum absolute atomic E-state index is 0. The molecule has 0 rings (SSSR count). The van der Waals surface area contributed by atoms with Crippen molar-refractivity contribution in [2.45, 2.75) is 0 Å². The summed E-state index contributed by atoms with van der Waals surface area (Å²) >= 11 is 0. The average molecular weight is 180 g/mol. The van der Waals surface area contributed by atoms with Crippen molar-refractivity contribution in [3.8, 4) is 0 Å². The molecule has 0 aliphatic rings. The molecule has 0 amide bonds. The van der Waals surface area contributed by atoms with Gasteiger partial charge in [0.1, 0.15) is 0 Å². The minimum atomic E-state index is 0. The fourth-order valence-electron chi connectivity index (χ4n) is 0. The summed E-state index contributed by atoms with van der Waals surface area (Å²) in [4.78, 5) is 0. The largest absolute Gasteiger partial charge is 2.00 e. The van der Waals surface area contributed by atoms with E-state index in [0.717, 1.165) is 0 Å². The molecule has 4 heteroatoms. The molecular weight excluding hydrogens is 175 g/mol. The van der Waals surface area contributed by atoms with Crippen LogP contribution in [0.25, 0.3) is 0 Å². The molecule has 0 unspecified atom stereocenters. The van der Waals surface area contributed by atoms with Gasteiger partial charge < -0.3 is 2.85 Å². The number of rotatable bonds is 0. The quantitative estimate of drug-likeness (QED) is 0.405. The molecule has 0 radical (unpaired) electrons. The van der Waals surface area contributed by atoms with Crippen molar-refractivity contribution in [3.05, 3.63) is 0 Å². The van der Waals surface area contributed by atoms with Crippen molar-refractivity contribution in [3.63, 3.8) is 0 Å². The van der Waals surface area contributed by atoms with E-state index in [1.54, 1.807) is 0 Å². The molecule has 0 heterocycles. The van der Waals surface area contributed by atoms with E-state index >= 15 is 0 Å². The summed E-state index contributed by atoms with van der Waals surface area (Å²) < 4.78 is 0. The van der Waals surface area contributed by atoms with Crippen molar-refractivity contribution in [1.82, 2.24) is 0 Å². The van der Waals surface area contributed by atoms with Gasteiger partial charge in [0.15, 0.2) is 17.4 Å². The van der Waals surface area contributed by atoms with Crippen LogP contribution in [0.3, 0.4) is 0 Å². The Balaban J connectivity index is 0. The fraction of sp³-hybridized carbons (Fsp3) is 0. The van der Waals surface area contributed by atoms with Gasteiger partial charge in [-0.3, -0.25) is 0 Å². The third-order valence-corrected chi connectivity index (χ3v) is 0. The molecule has 4 heavy (non-hydrogen) atoms. The average Bonchev–Trinajstić information content (AvgIpc) is 0. The first-order valence-electron chi connectivity index (χ1n) is 0. The first-order chi connectivity index (χ1) is 0. The van der Waals surface area contributed by atoms with Crippen LogP contribution >= 0.6 is 0 Å². The van der Waals surface area contributed by atoms with Gasteiger partial charge in [-0.25, -0.2) is 0 Å². The standard InChI is InChI=1S/Al.Mg.Ni.Zn.5H/q;+2;;;;;;2*-1. The molecule has 0 spiro atoms. The summed E-state index contributed by atoms with van der Waals surface area (Å²) in [6, 6.07) is 0. The Morgan fingerprint density at radius 3 is 1.25 bits per heavy atom. The molecule has 0 aliphatic carbocycles. The van der Waals surface area contributed by atoms with Gasteiger partial charge in [-0.05, 0) is 0 Å². The van der Waals surface area contributed by atoms with E-state index in [0.29, 0.717) is 0 Å². The van der Waals surface area contributed by atoms with Gasteiger partial charge in [0.25, 0.3) is 0 Å². The minimum Gasteiger partial charge on any atom is -1.00 e. The predicted octanol–water partition coefficient (Wildman–Crippen LogP) is -1.34. The zero-order valence-electron chi connectivity index (χ0n) is 3.73. The van der Waals surface area contributed by atoms with Crippen molar-refractivity contribution in [2.75, 3.05) is 0 Å². The van der Waals surface area contributed by atoms with E-state index in [1.807, 2.05) is 0 Å². The Kier molecular flexibility index (Phi) is 146. The van der Waals surface area contributed by atoms with Crippen molar-refractivity contribution in [2.24, 2.45) is 0 Å². The van der Waals surface area contributed by atoms with Crippen molar-refractivity contribution >= 4 is 40.4 Å². The van der Waals surface area contributed by atoms with E-state index in [9.17, 15) is 0 Å². The second kappa shape index (κ2) is 18.1. The van der Waals surface area contributed by atoms with Gasteiger partial charge in [-0.1, -0.05) is 0 Å². The molecule has 0 saturated carbocycles. The molecule has 0 aromatic carbocycles. The molecule has 22 valence electrons. The summed E-state index contributed by atoms with van der Waals surface area (Å²) in [6.45, 7) is 0. The summed E-state index contributed by atoms with van der Waals surface area (Å²) in [5.74, 6) is 0. The van der Waals surface area contributed by atoms with Crippen molar-refractivity contribution in [1.29, 1.82) is 0 Å². The van der Waals surface area contributed by atoms with E-state index in [-0.39, 0.29) is 79.2 Å². The normalized spacial score (nSPS) is 0. The molecule has 0 aromatic rings. The molecule has 0 aliphatic heterocycles. The van der Waals surface area contributed by atoms with Crippen LogP contribution in [0.15, 0.2) is 0 Å². The summed E-state index contributed by atoms with van der Waals surface area (Å²) in [6.07, 6.45) is 0. The molecule has 0 N–H and O–H groups in total. The van der Waals surface area contributed by atoms with Crippen LogP contribution < -0.4 is 0 Å². The Morgan fingerprint density at radius 2 is 1.25 bits per heavy atom. The predicted molar refractivity (Wildman–Crippen MR) is 17.9 cm³/mol. The Labute approximate surface area is 78.4 Å². The van der Waals surface area contributed by atoms with E-state index < -0.39 is 0 Å². The number of hydrogen-bond acceptors (Lipinski definition) is 0. The molecular formula is H5AlMgNiZn. The van der Waals surface area contributed by atoms with Crippen LogP contribution in [0.1, 0.15) is 2.85 Å². The fourth-order valence-corrected chi connectivity index (χ4v) is 0. The van der Waals surface area contributed by atoms with Gasteiger partial charge in [-0.2, -0.15) is 0 Å². The Hall–Kier alpha value is 2.42. The summed E-state index contributed by atoms with van der Waals surface area (Å²) in [7, 11) is 0. The third kappa shape index (κ3) is 8.83. The van der Waals surface area contributed by atoms with E-state index in [2.05, 4.69) is 0 Å². The first-order valence-corrected chi connectivity index (χ1v) is 0. The van der Waals surface area contributed by atoms with Crippen LogP contribution in [0.5, 0.6) is 0 Å². The van der Waals surface area contributed by atoms with Crippen LogP contribution in [-0.2, 0) is 36.0 Å². The topological polar surface area (TPSA) is 0 Å². The van der Waals surface area contributed by atoms with E-state index in [1.165, 1.54) is 0 Å². The zero-order chi connectivity index (χ0) is 0. The maximum absolute atomic E-state index is 0. The summed E-state index contributed by atoms with van der Waals surface area (Å²) in [5.41, 5.74) is 0. The Bertz CT molecular complexity index is 13.5. The third-order valence-electron chi connectivity index (χ3n) is 0. The van der Waals surface area contributed by atoms with Crippen LogP contribution in [0.2, 0.25) is 0 Å². The second-order valence-electron chi connectivity index (χ2n) is 0. The van der Waals surface area contributed by atoms with Gasteiger partial charge in [0.05, 0.1) is 0 Å². The summed E-state index contributed by atoms with van der Waals surface area (Å²) in [5, 5.41) is 0. The molecule has 0 atom stereocenters. The first kappa shape index (κ1) is 32.2. The maximum atomic E-state index is 0. The molecule has 0 aromatic heterocycles. The molecule has 0 fully saturated rings. The van der Waals surface area contributed by atoms with Crippen LogP contribution in [0.4, 0.5) is 0 Å².